The molecule has 124 valence electrons. The van der Waals surface area contributed by atoms with Gasteiger partial charge in [-0.3, -0.25) is 9.59 Å². The van der Waals surface area contributed by atoms with E-state index in [9.17, 15) is 9.59 Å². The molecule has 0 N–H and O–H groups in total. The number of hydrogen-bond donors (Lipinski definition) is 0. The maximum atomic E-state index is 12.8. The number of thiophene rings is 1. The summed E-state index contributed by atoms with van der Waals surface area (Å²) in [4.78, 5) is 25.6. The molecule has 4 saturated carbocycles. The molecule has 4 bridgehead atoms. The van der Waals surface area contributed by atoms with Gasteiger partial charge in [-0.15, -0.1) is 11.3 Å². The number of halogens is 2. The van der Waals surface area contributed by atoms with E-state index in [0.717, 1.165) is 23.0 Å². The number of carbonyl (C=O) groups is 2. The molecule has 6 heteroatoms. The minimum atomic E-state index is -0.357. The van der Waals surface area contributed by atoms with Gasteiger partial charge >= 0.3 is 5.97 Å². The van der Waals surface area contributed by atoms with Gasteiger partial charge in [0.1, 0.15) is 0 Å². The molecule has 4 aliphatic rings. The van der Waals surface area contributed by atoms with Crippen LogP contribution in [0.3, 0.4) is 0 Å². The first-order chi connectivity index (χ1) is 10.9. The summed E-state index contributed by atoms with van der Waals surface area (Å²) in [6, 6.07) is 3.61. The summed E-state index contributed by atoms with van der Waals surface area (Å²) < 4.78 is 6.51. The molecule has 0 aromatic carbocycles. The summed E-state index contributed by atoms with van der Waals surface area (Å²) in [6.45, 7) is -0.141. The lowest BCUT2D eigenvalue weighted by Crippen LogP contribution is -2.56. The third kappa shape index (κ3) is 2.95. The minimum Gasteiger partial charge on any atom is -0.457 e. The highest BCUT2D eigenvalue weighted by Crippen LogP contribution is 2.64. The Morgan fingerprint density at radius 2 is 1.91 bits per heavy atom. The topological polar surface area (TPSA) is 43.4 Å². The van der Waals surface area contributed by atoms with Crippen molar-refractivity contribution in [3.8, 4) is 0 Å². The number of esters is 1. The van der Waals surface area contributed by atoms with Gasteiger partial charge in [0.15, 0.2) is 6.61 Å². The molecule has 0 unspecified atom stereocenters. The summed E-state index contributed by atoms with van der Waals surface area (Å²) >= 11 is 8.62. The quantitative estimate of drug-likeness (QED) is 0.361. The molecule has 2 atom stereocenters. The van der Waals surface area contributed by atoms with Crippen molar-refractivity contribution in [1.29, 1.82) is 0 Å². The van der Waals surface area contributed by atoms with E-state index in [4.69, 9.17) is 4.74 Å². The minimum absolute atomic E-state index is 0.118. The first kappa shape index (κ1) is 16.3. The third-order valence-electron chi connectivity index (χ3n) is 5.61. The lowest BCUT2D eigenvalue weighted by Gasteiger charge is -2.58. The summed E-state index contributed by atoms with van der Waals surface area (Å²) in [5.41, 5.74) is -0.357. The van der Waals surface area contributed by atoms with Gasteiger partial charge in [-0.05, 0) is 78.4 Å². The summed E-state index contributed by atoms with van der Waals surface area (Å²) in [5, 5.41) is 0. The highest BCUT2D eigenvalue weighted by Gasteiger charge is 2.60. The maximum absolute atomic E-state index is 12.8. The number of rotatable bonds is 4. The third-order valence-corrected chi connectivity index (χ3v) is 8.20. The largest absolute Gasteiger partial charge is 0.457 e. The van der Waals surface area contributed by atoms with Crippen molar-refractivity contribution in [1.82, 2.24) is 0 Å². The molecule has 0 saturated heterocycles. The Bertz CT molecular complexity index is 655. The molecule has 0 amide bonds. The fraction of sp³-hybridized carbons (Fsp3) is 0.647. The number of ether oxygens (including phenoxy) is 1. The predicted octanol–water partition coefficient (Wildman–Crippen LogP) is 4.97. The van der Waals surface area contributed by atoms with E-state index in [1.807, 2.05) is 6.07 Å². The van der Waals surface area contributed by atoms with Gasteiger partial charge in [0.2, 0.25) is 5.78 Å². The zero-order valence-electron chi connectivity index (χ0n) is 12.6. The predicted molar refractivity (Wildman–Crippen MR) is 96.1 cm³/mol. The van der Waals surface area contributed by atoms with E-state index in [1.165, 1.54) is 30.6 Å². The molecule has 0 aliphatic heterocycles. The van der Waals surface area contributed by atoms with Crippen LogP contribution in [0.5, 0.6) is 0 Å². The van der Waals surface area contributed by atoms with Crippen molar-refractivity contribution in [3.63, 3.8) is 0 Å². The molecule has 23 heavy (non-hydrogen) atoms. The highest BCUT2D eigenvalue weighted by atomic mass is 79.9. The van der Waals surface area contributed by atoms with Crippen molar-refractivity contribution in [3.05, 3.63) is 20.8 Å². The molecule has 5 rings (SSSR count). The number of alkyl halides is 1. The number of Topliss-reactive ketones (excluding diaryl/α,β-unsaturated/α-hetero) is 1. The second-order valence-electron chi connectivity index (χ2n) is 7.50. The maximum Gasteiger partial charge on any atom is 0.312 e. The van der Waals surface area contributed by atoms with Crippen LogP contribution in [0.15, 0.2) is 15.9 Å². The Balaban J connectivity index is 1.44. The average molecular weight is 462 g/mol. The average Bonchev–Trinajstić information content (AvgIpc) is 2.88. The van der Waals surface area contributed by atoms with Crippen LogP contribution in [0.4, 0.5) is 0 Å². The standard InChI is InChI=1S/C17H18Br2O3S/c18-14-2-1-13(23-14)12(20)8-22-15(21)16-4-10-3-11(5-16)7-17(19,6-10)9-16/h1-2,10-11H,3-9H2/t10-,11-,16?,17?/m1/s1. The lowest BCUT2D eigenvalue weighted by atomic mass is 9.49. The van der Waals surface area contributed by atoms with Crippen molar-refractivity contribution in [2.24, 2.45) is 17.3 Å². The van der Waals surface area contributed by atoms with E-state index < -0.39 is 0 Å². The fourth-order valence-electron chi connectivity index (χ4n) is 5.21. The molecule has 4 aliphatic carbocycles. The van der Waals surface area contributed by atoms with Gasteiger partial charge in [-0.2, -0.15) is 0 Å². The van der Waals surface area contributed by atoms with Crippen molar-refractivity contribution < 1.29 is 14.3 Å². The SMILES string of the molecule is O=C(COC(=O)C12C[C@H]3C[C@@H](CC(Br)(C3)C1)C2)c1ccc(Br)s1. The van der Waals surface area contributed by atoms with Crippen molar-refractivity contribution >= 4 is 54.9 Å². The van der Waals surface area contributed by atoms with E-state index in [2.05, 4.69) is 31.9 Å². The number of hydrogen-bond acceptors (Lipinski definition) is 4. The zero-order chi connectivity index (χ0) is 16.2. The Hall–Kier alpha value is -0.200. The molecule has 3 nitrogen and oxygen atoms in total. The molecule has 1 aromatic heterocycles. The Morgan fingerprint density at radius 3 is 2.48 bits per heavy atom. The van der Waals surface area contributed by atoms with Crippen LogP contribution in [0.2, 0.25) is 0 Å². The number of ketones is 1. The summed E-state index contributed by atoms with van der Waals surface area (Å²) in [6.07, 6.45) is 6.36. The summed E-state index contributed by atoms with van der Waals surface area (Å²) in [5.74, 6) is 0.992. The van der Waals surface area contributed by atoms with Crippen LogP contribution in [0.1, 0.15) is 48.2 Å². The van der Waals surface area contributed by atoms with E-state index >= 15 is 0 Å². The molecule has 0 radical (unpaired) electrons. The van der Waals surface area contributed by atoms with Gasteiger partial charge in [-0.1, -0.05) is 15.9 Å². The van der Waals surface area contributed by atoms with E-state index in [1.54, 1.807) is 6.07 Å². The lowest BCUT2D eigenvalue weighted by molar-refractivity contribution is -0.168. The normalized spacial score (nSPS) is 37.8. The van der Waals surface area contributed by atoms with Crippen LogP contribution in [0, 0.1) is 17.3 Å². The van der Waals surface area contributed by atoms with Crippen LogP contribution < -0.4 is 0 Å². The molecule has 4 fully saturated rings. The van der Waals surface area contributed by atoms with Crippen molar-refractivity contribution in [2.45, 2.75) is 42.8 Å². The van der Waals surface area contributed by atoms with Gasteiger partial charge < -0.3 is 4.74 Å². The zero-order valence-corrected chi connectivity index (χ0v) is 16.6. The number of carbonyl (C=O) groups excluding carboxylic acids is 2. The van der Waals surface area contributed by atoms with Crippen LogP contribution in [-0.2, 0) is 9.53 Å². The highest BCUT2D eigenvalue weighted by molar-refractivity contribution is 9.11. The van der Waals surface area contributed by atoms with Gasteiger partial charge in [0.05, 0.1) is 14.1 Å². The van der Waals surface area contributed by atoms with Crippen molar-refractivity contribution in [2.75, 3.05) is 6.61 Å². The second-order valence-corrected chi connectivity index (χ2v) is 11.6. The monoisotopic (exact) mass is 460 g/mol. The smallest absolute Gasteiger partial charge is 0.312 e. The first-order valence-corrected chi connectivity index (χ1v) is 10.4. The molecular weight excluding hydrogens is 444 g/mol. The van der Waals surface area contributed by atoms with Crippen LogP contribution in [-0.4, -0.2) is 22.7 Å². The molecule has 1 heterocycles. The van der Waals surface area contributed by atoms with Gasteiger partial charge in [0, 0.05) is 4.32 Å². The molecule has 0 spiro atoms. The molecular formula is C17H18Br2O3S. The Morgan fingerprint density at radius 1 is 1.22 bits per heavy atom. The van der Waals surface area contributed by atoms with Crippen LogP contribution >= 0.6 is 43.2 Å². The second kappa shape index (κ2) is 5.67. The van der Waals surface area contributed by atoms with Crippen LogP contribution in [0.25, 0.3) is 0 Å². The fourth-order valence-corrected chi connectivity index (χ4v) is 7.97. The van der Waals surface area contributed by atoms with Gasteiger partial charge in [-0.25, -0.2) is 0 Å². The Kier molecular flexibility index (Phi) is 4.01. The van der Waals surface area contributed by atoms with E-state index in [-0.39, 0.29) is 28.1 Å². The van der Waals surface area contributed by atoms with E-state index in [0.29, 0.717) is 16.7 Å². The first-order valence-electron chi connectivity index (χ1n) is 8.02. The van der Waals surface area contributed by atoms with Gasteiger partial charge in [0.25, 0.3) is 0 Å². The Labute approximate surface area is 156 Å². The summed E-state index contributed by atoms with van der Waals surface area (Å²) in [7, 11) is 0. The molecule has 1 aromatic rings.